The first-order valence-electron chi connectivity index (χ1n) is 7.07. The highest BCUT2D eigenvalue weighted by Gasteiger charge is 2.16. The Bertz CT molecular complexity index is 840. The van der Waals surface area contributed by atoms with Gasteiger partial charge in [-0.05, 0) is 12.5 Å². The Morgan fingerprint density at radius 3 is 2.77 bits per heavy atom. The molecule has 0 radical (unpaired) electrons. The number of hydrogen-bond acceptors (Lipinski definition) is 5. The van der Waals surface area contributed by atoms with Gasteiger partial charge in [0, 0.05) is 23.2 Å². The van der Waals surface area contributed by atoms with Gasteiger partial charge in [0.25, 0.3) is 5.56 Å². The van der Waals surface area contributed by atoms with E-state index in [0.717, 1.165) is 16.0 Å². The molecule has 4 nitrogen and oxygen atoms in total. The third-order valence-corrected chi connectivity index (χ3v) is 5.21. The van der Waals surface area contributed by atoms with E-state index in [1.54, 1.807) is 4.57 Å². The molecule has 0 atom stereocenters. The lowest BCUT2D eigenvalue weighted by molar-refractivity contribution is 0.322. The second-order valence-electron chi connectivity index (χ2n) is 4.71. The minimum absolute atomic E-state index is 0.00644. The van der Waals surface area contributed by atoms with E-state index in [-0.39, 0.29) is 12.2 Å². The van der Waals surface area contributed by atoms with Crippen molar-refractivity contribution >= 4 is 33.3 Å². The quantitative estimate of drug-likeness (QED) is 0.576. The summed E-state index contributed by atoms with van der Waals surface area (Å²) in [5.41, 5.74) is 1.97. The predicted molar refractivity (Wildman–Crippen MR) is 92.8 cm³/mol. The van der Waals surface area contributed by atoms with Crippen LogP contribution in [-0.4, -0.2) is 27.0 Å². The predicted octanol–water partition coefficient (Wildman–Crippen LogP) is 3.23. The van der Waals surface area contributed by atoms with Crippen molar-refractivity contribution in [3.8, 4) is 11.1 Å². The van der Waals surface area contributed by atoms with Gasteiger partial charge >= 0.3 is 0 Å². The first kappa shape index (κ1) is 15.3. The van der Waals surface area contributed by atoms with Crippen molar-refractivity contribution in [1.29, 1.82) is 0 Å². The lowest BCUT2D eigenvalue weighted by Gasteiger charge is -2.09. The number of aromatic nitrogens is 2. The van der Waals surface area contributed by atoms with Gasteiger partial charge in [0.15, 0.2) is 5.16 Å². The zero-order chi connectivity index (χ0) is 15.5. The fourth-order valence-electron chi connectivity index (χ4n) is 2.36. The van der Waals surface area contributed by atoms with Crippen LogP contribution in [0.25, 0.3) is 21.3 Å². The molecule has 2 heterocycles. The number of nitrogens with zero attached hydrogens (tertiary/aromatic N) is 2. The van der Waals surface area contributed by atoms with Gasteiger partial charge in [-0.1, -0.05) is 42.1 Å². The third kappa shape index (κ3) is 2.69. The SMILES string of the molecule is CCn1c(SCCO)nc2scc(-c3ccccc3)c2c1=O. The topological polar surface area (TPSA) is 55.1 Å². The standard InChI is InChI=1S/C16H16N2O2S2/c1-2-18-15(20)13-12(11-6-4-3-5-7-11)10-22-14(13)17-16(18)21-9-8-19/h3-7,10,19H,2,8-9H2,1H3. The third-order valence-electron chi connectivity index (χ3n) is 3.38. The summed E-state index contributed by atoms with van der Waals surface area (Å²) in [7, 11) is 0. The van der Waals surface area contributed by atoms with E-state index in [2.05, 4.69) is 4.98 Å². The largest absolute Gasteiger partial charge is 0.396 e. The van der Waals surface area contributed by atoms with Gasteiger partial charge in [-0.2, -0.15) is 0 Å². The average Bonchev–Trinajstić information content (AvgIpc) is 2.98. The van der Waals surface area contributed by atoms with Crippen molar-refractivity contribution < 1.29 is 5.11 Å². The van der Waals surface area contributed by atoms with Crippen molar-refractivity contribution in [2.75, 3.05) is 12.4 Å². The molecule has 0 amide bonds. The van der Waals surface area contributed by atoms with Crippen LogP contribution in [0.5, 0.6) is 0 Å². The lowest BCUT2D eigenvalue weighted by Crippen LogP contribution is -2.22. The summed E-state index contributed by atoms with van der Waals surface area (Å²) >= 11 is 2.90. The van der Waals surface area contributed by atoms with Gasteiger partial charge in [0.2, 0.25) is 0 Å². The van der Waals surface area contributed by atoms with E-state index >= 15 is 0 Å². The molecule has 0 fully saturated rings. The zero-order valence-electron chi connectivity index (χ0n) is 12.2. The minimum Gasteiger partial charge on any atom is -0.396 e. The lowest BCUT2D eigenvalue weighted by atomic mass is 10.1. The maximum absolute atomic E-state index is 12.9. The molecule has 3 rings (SSSR count). The van der Waals surface area contributed by atoms with Crippen LogP contribution in [-0.2, 0) is 6.54 Å². The van der Waals surface area contributed by atoms with E-state index in [1.165, 1.54) is 23.1 Å². The Morgan fingerprint density at radius 2 is 2.09 bits per heavy atom. The molecule has 0 aliphatic carbocycles. The number of hydrogen-bond donors (Lipinski definition) is 1. The smallest absolute Gasteiger partial charge is 0.263 e. The second kappa shape index (κ2) is 6.64. The van der Waals surface area contributed by atoms with Crippen LogP contribution >= 0.6 is 23.1 Å². The van der Waals surface area contributed by atoms with Gasteiger partial charge in [0.1, 0.15) is 4.83 Å². The molecule has 3 aromatic rings. The van der Waals surface area contributed by atoms with Crippen molar-refractivity contribution in [1.82, 2.24) is 9.55 Å². The molecule has 6 heteroatoms. The Kier molecular flexibility index (Phi) is 4.61. The van der Waals surface area contributed by atoms with Gasteiger partial charge < -0.3 is 5.11 Å². The molecule has 0 spiro atoms. The fourth-order valence-corrected chi connectivity index (χ4v) is 4.15. The molecular weight excluding hydrogens is 316 g/mol. The van der Waals surface area contributed by atoms with Crippen molar-refractivity contribution in [2.24, 2.45) is 0 Å². The summed E-state index contributed by atoms with van der Waals surface area (Å²) in [6, 6.07) is 9.91. The molecular formula is C16H16N2O2S2. The normalized spacial score (nSPS) is 11.2. The van der Waals surface area contributed by atoms with Crippen LogP contribution in [0.4, 0.5) is 0 Å². The number of thioether (sulfide) groups is 1. The Labute approximate surface area is 136 Å². The summed E-state index contributed by atoms with van der Waals surface area (Å²) in [6.45, 7) is 2.58. The number of rotatable bonds is 5. The van der Waals surface area contributed by atoms with Gasteiger partial charge in [-0.3, -0.25) is 9.36 Å². The van der Waals surface area contributed by atoms with Gasteiger partial charge in [-0.25, -0.2) is 4.98 Å². The molecule has 2 aromatic heterocycles. The summed E-state index contributed by atoms with van der Waals surface area (Å²) in [5, 5.41) is 12.4. The minimum atomic E-state index is -0.00644. The van der Waals surface area contributed by atoms with E-state index in [4.69, 9.17) is 5.11 Å². The average molecular weight is 332 g/mol. The van der Waals surface area contributed by atoms with E-state index in [1.807, 2.05) is 42.6 Å². The molecule has 0 unspecified atom stereocenters. The molecule has 0 aliphatic rings. The van der Waals surface area contributed by atoms with Crippen molar-refractivity contribution in [2.45, 2.75) is 18.6 Å². The molecule has 22 heavy (non-hydrogen) atoms. The van der Waals surface area contributed by atoms with Crippen molar-refractivity contribution in [3.05, 3.63) is 46.1 Å². The van der Waals surface area contributed by atoms with Crippen molar-refractivity contribution in [3.63, 3.8) is 0 Å². The summed E-state index contributed by atoms with van der Waals surface area (Å²) < 4.78 is 1.68. The van der Waals surface area contributed by atoms with Crippen LogP contribution in [0.15, 0.2) is 45.7 Å². The number of benzene rings is 1. The molecule has 0 saturated heterocycles. The van der Waals surface area contributed by atoms with E-state index in [9.17, 15) is 4.79 Å². The van der Waals surface area contributed by atoms with E-state index in [0.29, 0.717) is 22.8 Å². The van der Waals surface area contributed by atoms with Crippen LogP contribution in [0.1, 0.15) is 6.92 Å². The molecule has 0 aliphatic heterocycles. The highest BCUT2D eigenvalue weighted by molar-refractivity contribution is 7.99. The Morgan fingerprint density at radius 1 is 1.32 bits per heavy atom. The highest BCUT2D eigenvalue weighted by Crippen LogP contribution is 2.31. The Balaban J connectivity index is 2.22. The second-order valence-corrected chi connectivity index (χ2v) is 6.63. The number of aliphatic hydroxyl groups is 1. The fraction of sp³-hybridized carbons (Fsp3) is 0.250. The molecule has 0 saturated carbocycles. The summed E-state index contributed by atoms with van der Waals surface area (Å²) in [4.78, 5) is 18.2. The summed E-state index contributed by atoms with van der Waals surface area (Å²) in [6.07, 6.45) is 0. The van der Waals surface area contributed by atoms with Crippen LogP contribution in [0.2, 0.25) is 0 Å². The van der Waals surface area contributed by atoms with Crippen LogP contribution in [0, 0.1) is 0 Å². The number of fused-ring (bicyclic) bond motifs is 1. The molecule has 0 bridgehead atoms. The maximum atomic E-state index is 12.9. The molecule has 1 N–H and O–H groups in total. The molecule has 114 valence electrons. The van der Waals surface area contributed by atoms with Crippen LogP contribution < -0.4 is 5.56 Å². The first-order chi connectivity index (χ1) is 10.8. The number of aliphatic hydroxyl groups excluding tert-OH is 1. The number of thiophene rings is 1. The first-order valence-corrected chi connectivity index (χ1v) is 8.94. The van der Waals surface area contributed by atoms with Gasteiger partial charge in [-0.15, -0.1) is 11.3 Å². The zero-order valence-corrected chi connectivity index (χ0v) is 13.8. The maximum Gasteiger partial charge on any atom is 0.263 e. The monoisotopic (exact) mass is 332 g/mol. The summed E-state index contributed by atoms with van der Waals surface area (Å²) in [5.74, 6) is 0.537. The Hall–Kier alpha value is -1.63. The van der Waals surface area contributed by atoms with Gasteiger partial charge in [0.05, 0.1) is 12.0 Å². The van der Waals surface area contributed by atoms with E-state index < -0.39 is 0 Å². The van der Waals surface area contributed by atoms with Crippen LogP contribution in [0.3, 0.4) is 0 Å². The molecule has 1 aromatic carbocycles. The highest BCUT2D eigenvalue weighted by atomic mass is 32.2.